The Bertz CT molecular complexity index is 249. The van der Waals surface area contributed by atoms with Crippen molar-refractivity contribution in [2.75, 3.05) is 0 Å². The minimum atomic E-state index is 0.778. The third-order valence-electron chi connectivity index (χ3n) is 2.79. The van der Waals surface area contributed by atoms with Gasteiger partial charge in [0.1, 0.15) is 0 Å². The molecule has 0 heterocycles. The number of nitrogens with one attached hydrogen (secondary N) is 1. The van der Waals surface area contributed by atoms with Crippen molar-refractivity contribution in [3.63, 3.8) is 0 Å². The van der Waals surface area contributed by atoms with Crippen LogP contribution >= 0.6 is 0 Å². The summed E-state index contributed by atoms with van der Waals surface area (Å²) in [7, 11) is 0. The van der Waals surface area contributed by atoms with Crippen LogP contribution in [0.15, 0.2) is 30.3 Å². The van der Waals surface area contributed by atoms with Crippen LogP contribution in [0.5, 0.6) is 0 Å². The van der Waals surface area contributed by atoms with Gasteiger partial charge < -0.3 is 5.32 Å². The first-order valence-corrected chi connectivity index (χ1v) is 6.64. The molecule has 2 rings (SSSR count). The van der Waals surface area contributed by atoms with Gasteiger partial charge in [0, 0.05) is 12.6 Å². The maximum Gasteiger partial charge on any atom is 0.0208 e. The molecule has 0 saturated heterocycles. The highest BCUT2D eigenvalue weighted by molar-refractivity contribution is 5.14. The van der Waals surface area contributed by atoms with E-state index in [4.69, 9.17) is 0 Å². The molecule has 1 heteroatoms. The molecule has 1 N–H and O–H groups in total. The molecule has 0 aliphatic heterocycles. The molecule has 0 spiro atoms. The Labute approximate surface area is 100 Å². The zero-order valence-electron chi connectivity index (χ0n) is 10.7. The summed E-state index contributed by atoms with van der Waals surface area (Å²) in [6.07, 6.45) is 6.80. The maximum absolute atomic E-state index is 3.60. The Morgan fingerprint density at radius 3 is 2.19 bits per heavy atom. The zero-order chi connectivity index (χ0) is 11.6. The molecule has 16 heavy (non-hydrogen) atoms. The average molecular weight is 219 g/mol. The molecule has 0 amide bonds. The molecule has 0 atom stereocenters. The number of hydrogen-bond acceptors (Lipinski definition) is 1. The number of rotatable bonds is 3. The summed E-state index contributed by atoms with van der Waals surface area (Å²) < 4.78 is 0. The van der Waals surface area contributed by atoms with Gasteiger partial charge in [-0.3, -0.25) is 0 Å². The lowest BCUT2D eigenvalue weighted by Crippen LogP contribution is -2.25. The highest BCUT2D eigenvalue weighted by atomic mass is 14.9. The van der Waals surface area contributed by atoms with Crippen LogP contribution in [0.3, 0.4) is 0 Å². The topological polar surface area (TPSA) is 12.0 Å². The summed E-state index contributed by atoms with van der Waals surface area (Å²) in [5, 5.41) is 3.60. The molecule has 1 aliphatic rings. The fourth-order valence-electron chi connectivity index (χ4n) is 1.99. The van der Waals surface area contributed by atoms with E-state index in [1.54, 1.807) is 0 Å². The van der Waals surface area contributed by atoms with Crippen LogP contribution in [-0.4, -0.2) is 6.04 Å². The normalized spacial score (nSPS) is 15.6. The van der Waals surface area contributed by atoms with Crippen LogP contribution in [0.4, 0.5) is 0 Å². The monoisotopic (exact) mass is 219 g/mol. The summed E-state index contributed by atoms with van der Waals surface area (Å²) in [5.74, 6) is 0. The molecule has 1 aliphatic carbocycles. The van der Waals surface area contributed by atoms with E-state index in [0.29, 0.717) is 0 Å². The molecular weight excluding hydrogens is 194 g/mol. The third-order valence-corrected chi connectivity index (χ3v) is 2.79. The lowest BCUT2D eigenvalue weighted by molar-refractivity contribution is 0.524. The first-order valence-electron chi connectivity index (χ1n) is 6.64. The third kappa shape index (κ3) is 5.32. The highest BCUT2D eigenvalue weighted by Crippen LogP contribution is 2.17. The molecule has 0 radical (unpaired) electrons. The van der Waals surface area contributed by atoms with E-state index >= 15 is 0 Å². The van der Waals surface area contributed by atoms with E-state index < -0.39 is 0 Å². The Morgan fingerprint density at radius 2 is 1.62 bits per heavy atom. The quantitative estimate of drug-likeness (QED) is 0.806. The molecule has 90 valence electrons. The Balaban J connectivity index is 0.000000386. The van der Waals surface area contributed by atoms with Crippen LogP contribution < -0.4 is 5.32 Å². The number of benzene rings is 1. The molecule has 0 unspecified atom stereocenters. The summed E-state index contributed by atoms with van der Waals surface area (Å²) in [6.45, 7) is 5.28. The smallest absolute Gasteiger partial charge is 0.0208 e. The predicted molar refractivity (Wildman–Crippen MR) is 71.5 cm³/mol. The average Bonchev–Trinajstić information content (AvgIpc) is 2.82. The Kier molecular flexibility index (Phi) is 6.91. The standard InChI is InChI=1S/C12H17N.C3H8/c1-2-6-11(7-3-1)10-13-12-8-4-5-9-12;1-3-2/h1-3,6-7,12-13H,4-5,8-10H2;3H2,1-2H3. The van der Waals surface area contributed by atoms with Crippen molar-refractivity contribution in [1.29, 1.82) is 0 Å². The van der Waals surface area contributed by atoms with Crippen molar-refractivity contribution in [2.24, 2.45) is 0 Å². The fraction of sp³-hybridized carbons (Fsp3) is 0.600. The summed E-state index contributed by atoms with van der Waals surface area (Å²) in [6, 6.07) is 11.4. The van der Waals surface area contributed by atoms with E-state index in [9.17, 15) is 0 Å². The Hall–Kier alpha value is -0.820. The molecule has 1 fully saturated rings. The van der Waals surface area contributed by atoms with E-state index in [2.05, 4.69) is 49.5 Å². The lowest BCUT2D eigenvalue weighted by Gasteiger charge is -2.11. The molecule has 0 aromatic heterocycles. The SMILES string of the molecule is CCC.c1ccc(CNC2CCCC2)cc1. The van der Waals surface area contributed by atoms with Crippen molar-refractivity contribution in [3.05, 3.63) is 35.9 Å². The minimum Gasteiger partial charge on any atom is -0.310 e. The van der Waals surface area contributed by atoms with Gasteiger partial charge in [-0.05, 0) is 18.4 Å². The largest absolute Gasteiger partial charge is 0.310 e. The van der Waals surface area contributed by atoms with Crippen LogP contribution in [0.25, 0.3) is 0 Å². The summed E-state index contributed by atoms with van der Waals surface area (Å²) in [4.78, 5) is 0. The van der Waals surface area contributed by atoms with Gasteiger partial charge in [-0.2, -0.15) is 0 Å². The minimum absolute atomic E-state index is 0.778. The highest BCUT2D eigenvalue weighted by Gasteiger charge is 2.13. The van der Waals surface area contributed by atoms with Gasteiger partial charge in [0.05, 0.1) is 0 Å². The van der Waals surface area contributed by atoms with Crippen molar-refractivity contribution in [2.45, 2.75) is 58.5 Å². The second-order valence-electron chi connectivity index (χ2n) is 4.55. The van der Waals surface area contributed by atoms with Crippen LogP contribution in [0.2, 0.25) is 0 Å². The molecule has 0 bridgehead atoms. The van der Waals surface area contributed by atoms with Crippen LogP contribution in [0, 0.1) is 0 Å². The van der Waals surface area contributed by atoms with Crippen LogP contribution in [-0.2, 0) is 6.54 Å². The zero-order valence-corrected chi connectivity index (χ0v) is 10.7. The fourth-order valence-corrected chi connectivity index (χ4v) is 1.99. The van der Waals surface area contributed by atoms with E-state index in [-0.39, 0.29) is 0 Å². The van der Waals surface area contributed by atoms with Gasteiger partial charge in [0.25, 0.3) is 0 Å². The van der Waals surface area contributed by atoms with Gasteiger partial charge >= 0.3 is 0 Å². The van der Waals surface area contributed by atoms with E-state index in [0.717, 1.165) is 12.6 Å². The van der Waals surface area contributed by atoms with E-state index in [1.807, 2.05) is 0 Å². The molecule has 1 saturated carbocycles. The van der Waals surface area contributed by atoms with Crippen molar-refractivity contribution < 1.29 is 0 Å². The van der Waals surface area contributed by atoms with Crippen molar-refractivity contribution in [3.8, 4) is 0 Å². The van der Waals surface area contributed by atoms with Gasteiger partial charge in [0.15, 0.2) is 0 Å². The molecule has 1 aromatic rings. The number of hydrogen-bond donors (Lipinski definition) is 1. The maximum atomic E-state index is 3.60. The second-order valence-corrected chi connectivity index (χ2v) is 4.55. The molecule has 1 aromatic carbocycles. The Morgan fingerprint density at radius 1 is 1.06 bits per heavy atom. The second kappa shape index (κ2) is 8.35. The van der Waals surface area contributed by atoms with Crippen LogP contribution in [0.1, 0.15) is 51.5 Å². The van der Waals surface area contributed by atoms with Gasteiger partial charge in [0.2, 0.25) is 0 Å². The van der Waals surface area contributed by atoms with Gasteiger partial charge in [-0.15, -0.1) is 0 Å². The first-order chi connectivity index (χ1) is 7.86. The molecule has 1 nitrogen and oxygen atoms in total. The predicted octanol–water partition coefficient (Wildman–Crippen LogP) is 4.14. The van der Waals surface area contributed by atoms with Crippen molar-refractivity contribution in [1.82, 2.24) is 5.32 Å². The van der Waals surface area contributed by atoms with Gasteiger partial charge in [-0.25, -0.2) is 0 Å². The molecular formula is C15H25N. The lowest BCUT2D eigenvalue weighted by atomic mass is 10.2. The van der Waals surface area contributed by atoms with Gasteiger partial charge in [-0.1, -0.05) is 63.4 Å². The summed E-state index contributed by atoms with van der Waals surface area (Å²) in [5.41, 5.74) is 1.40. The van der Waals surface area contributed by atoms with E-state index in [1.165, 1.54) is 37.7 Å². The summed E-state index contributed by atoms with van der Waals surface area (Å²) >= 11 is 0. The first kappa shape index (κ1) is 13.2. The van der Waals surface area contributed by atoms with Crippen molar-refractivity contribution >= 4 is 0 Å².